The standard InChI is InChI=1S/C11H19N3O3S/c1-12-4-5-13-9(15)3-6-14-10(16)7-8(18-2)11(14)17/h8,12H,3-7H2,1-2H3,(H,13,15). The minimum atomic E-state index is -0.273. The van der Waals surface area contributed by atoms with Crippen LogP contribution in [0.5, 0.6) is 0 Å². The molecule has 1 fully saturated rings. The maximum atomic E-state index is 11.8. The van der Waals surface area contributed by atoms with Gasteiger partial charge in [-0.2, -0.15) is 11.8 Å². The normalized spacial score (nSPS) is 19.4. The minimum Gasteiger partial charge on any atom is -0.355 e. The number of carbonyl (C=O) groups excluding carboxylic acids is 3. The monoisotopic (exact) mass is 273 g/mol. The van der Waals surface area contributed by atoms with E-state index in [1.54, 1.807) is 7.05 Å². The molecule has 1 rings (SSSR count). The number of likely N-dealkylation sites (N-methyl/N-ethyl adjacent to an activating group) is 1. The van der Waals surface area contributed by atoms with Gasteiger partial charge in [0.05, 0.1) is 5.25 Å². The molecule has 2 N–H and O–H groups in total. The van der Waals surface area contributed by atoms with E-state index in [4.69, 9.17) is 0 Å². The number of carbonyl (C=O) groups is 3. The molecule has 0 radical (unpaired) electrons. The number of hydrogen-bond donors (Lipinski definition) is 2. The predicted molar refractivity (Wildman–Crippen MR) is 70.2 cm³/mol. The van der Waals surface area contributed by atoms with Gasteiger partial charge in [0.25, 0.3) is 0 Å². The number of likely N-dealkylation sites (tertiary alicyclic amines) is 1. The number of imide groups is 1. The third kappa shape index (κ3) is 3.99. The van der Waals surface area contributed by atoms with Crippen LogP contribution in [0.2, 0.25) is 0 Å². The third-order valence-electron chi connectivity index (χ3n) is 2.75. The molecule has 7 heteroatoms. The summed E-state index contributed by atoms with van der Waals surface area (Å²) in [5.41, 5.74) is 0. The number of amides is 3. The largest absolute Gasteiger partial charge is 0.355 e. The molecular formula is C11H19N3O3S. The van der Waals surface area contributed by atoms with Gasteiger partial charge in [-0.05, 0) is 13.3 Å². The molecule has 0 aromatic carbocycles. The summed E-state index contributed by atoms with van der Waals surface area (Å²) in [6.07, 6.45) is 2.23. The van der Waals surface area contributed by atoms with Crippen LogP contribution in [0.4, 0.5) is 0 Å². The second kappa shape index (κ2) is 7.38. The van der Waals surface area contributed by atoms with Crippen molar-refractivity contribution in [2.45, 2.75) is 18.1 Å². The van der Waals surface area contributed by atoms with E-state index in [1.165, 1.54) is 16.7 Å². The summed E-state index contributed by atoms with van der Waals surface area (Å²) in [5.74, 6) is -0.489. The summed E-state index contributed by atoms with van der Waals surface area (Å²) >= 11 is 1.38. The molecule has 1 aliphatic heterocycles. The van der Waals surface area contributed by atoms with Gasteiger partial charge in [-0.1, -0.05) is 0 Å². The summed E-state index contributed by atoms with van der Waals surface area (Å²) in [4.78, 5) is 36.0. The average Bonchev–Trinajstić information content (AvgIpc) is 2.62. The van der Waals surface area contributed by atoms with Gasteiger partial charge in [-0.25, -0.2) is 0 Å². The van der Waals surface area contributed by atoms with E-state index in [1.807, 2.05) is 6.26 Å². The smallest absolute Gasteiger partial charge is 0.242 e. The Labute approximate surface area is 111 Å². The van der Waals surface area contributed by atoms with Crippen LogP contribution < -0.4 is 10.6 Å². The van der Waals surface area contributed by atoms with Gasteiger partial charge in [0.15, 0.2) is 0 Å². The Morgan fingerprint density at radius 3 is 2.72 bits per heavy atom. The van der Waals surface area contributed by atoms with Crippen molar-refractivity contribution >= 4 is 29.5 Å². The molecule has 102 valence electrons. The maximum Gasteiger partial charge on any atom is 0.242 e. The minimum absolute atomic E-state index is 0.140. The number of rotatable bonds is 7. The first kappa shape index (κ1) is 15.0. The van der Waals surface area contributed by atoms with Gasteiger partial charge in [-0.3, -0.25) is 19.3 Å². The molecule has 0 bridgehead atoms. The van der Waals surface area contributed by atoms with Crippen molar-refractivity contribution in [3.8, 4) is 0 Å². The molecule has 0 aliphatic carbocycles. The molecule has 18 heavy (non-hydrogen) atoms. The third-order valence-corrected chi connectivity index (χ3v) is 3.68. The highest BCUT2D eigenvalue weighted by Gasteiger charge is 2.37. The van der Waals surface area contributed by atoms with E-state index in [9.17, 15) is 14.4 Å². The Kier molecular flexibility index (Phi) is 6.14. The average molecular weight is 273 g/mol. The summed E-state index contributed by atoms with van der Waals surface area (Å²) in [6.45, 7) is 1.42. The summed E-state index contributed by atoms with van der Waals surface area (Å²) in [6, 6.07) is 0. The Morgan fingerprint density at radius 1 is 1.44 bits per heavy atom. The van der Waals surface area contributed by atoms with Gasteiger partial charge in [-0.15, -0.1) is 0 Å². The lowest BCUT2D eigenvalue weighted by Gasteiger charge is -2.14. The quantitative estimate of drug-likeness (QED) is 0.469. The van der Waals surface area contributed by atoms with Crippen molar-refractivity contribution in [2.75, 3.05) is 32.9 Å². The first-order valence-corrected chi connectivity index (χ1v) is 7.17. The zero-order valence-corrected chi connectivity index (χ0v) is 11.5. The first-order valence-electron chi connectivity index (χ1n) is 5.88. The van der Waals surface area contributed by atoms with Crippen molar-refractivity contribution in [3.05, 3.63) is 0 Å². The Hall–Kier alpha value is -1.08. The van der Waals surface area contributed by atoms with Gasteiger partial charge in [0.1, 0.15) is 0 Å². The van der Waals surface area contributed by atoms with E-state index in [0.717, 1.165) is 0 Å². The summed E-state index contributed by atoms with van der Waals surface area (Å²) in [5, 5.41) is 5.34. The van der Waals surface area contributed by atoms with Crippen LogP contribution in [0.15, 0.2) is 0 Å². The lowest BCUT2D eigenvalue weighted by Crippen LogP contribution is -2.36. The lowest BCUT2D eigenvalue weighted by molar-refractivity contribution is -0.138. The highest BCUT2D eigenvalue weighted by atomic mass is 32.2. The van der Waals surface area contributed by atoms with Gasteiger partial charge >= 0.3 is 0 Å². The Bertz CT molecular complexity index is 335. The topological polar surface area (TPSA) is 78.5 Å². The molecule has 1 atom stereocenters. The molecule has 1 saturated heterocycles. The summed E-state index contributed by atoms with van der Waals surface area (Å²) < 4.78 is 0. The highest BCUT2D eigenvalue weighted by molar-refractivity contribution is 8.00. The van der Waals surface area contributed by atoms with Crippen LogP contribution >= 0.6 is 11.8 Å². The second-order valence-electron chi connectivity index (χ2n) is 4.02. The predicted octanol–water partition coefficient (Wildman–Crippen LogP) is -0.797. The van der Waals surface area contributed by atoms with E-state index < -0.39 is 0 Å². The van der Waals surface area contributed by atoms with E-state index in [0.29, 0.717) is 13.1 Å². The number of thioether (sulfide) groups is 1. The molecule has 0 aromatic rings. The van der Waals surface area contributed by atoms with Crippen molar-refractivity contribution in [1.29, 1.82) is 0 Å². The van der Waals surface area contributed by atoms with Gasteiger partial charge in [0, 0.05) is 32.5 Å². The number of nitrogens with zero attached hydrogens (tertiary/aromatic N) is 1. The van der Waals surface area contributed by atoms with Crippen LogP contribution in [0.25, 0.3) is 0 Å². The van der Waals surface area contributed by atoms with Crippen molar-refractivity contribution < 1.29 is 14.4 Å². The van der Waals surface area contributed by atoms with Crippen LogP contribution in [-0.4, -0.2) is 60.8 Å². The van der Waals surface area contributed by atoms with Crippen molar-refractivity contribution in [3.63, 3.8) is 0 Å². The molecule has 3 amide bonds. The Balaban J connectivity index is 2.32. The molecule has 1 aliphatic rings. The highest BCUT2D eigenvalue weighted by Crippen LogP contribution is 2.22. The van der Waals surface area contributed by atoms with Crippen LogP contribution in [0.1, 0.15) is 12.8 Å². The molecule has 0 aromatic heterocycles. The van der Waals surface area contributed by atoms with Gasteiger partial charge in [0.2, 0.25) is 17.7 Å². The SMILES string of the molecule is CNCCNC(=O)CCN1C(=O)CC(SC)C1=O. The van der Waals surface area contributed by atoms with Crippen LogP contribution in [0.3, 0.4) is 0 Å². The van der Waals surface area contributed by atoms with E-state index in [2.05, 4.69) is 10.6 Å². The molecular weight excluding hydrogens is 254 g/mol. The molecule has 6 nitrogen and oxygen atoms in total. The fourth-order valence-corrected chi connectivity index (χ4v) is 2.34. The van der Waals surface area contributed by atoms with E-state index >= 15 is 0 Å². The zero-order valence-electron chi connectivity index (χ0n) is 10.7. The molecule has 0 spiro atoms. The fourth-order valence-electron chi connectivity index (χ4n) is 1.70. The lowest BCUT2D eigenvalue weighted by atomic mass is 10.3. The van der Waals surface area contributed by atoms with Crippen LogP contribution in [-0.2, 0) is 14.4 Å². The van der Waals surface area contributed by atoms with E-state index in [-0.39, 0.29) is 42.4 Å². The Morgan fingerprint density at radius 2 is 2.17 bits per heavy atom. The molecule has 0 saturated carbocycles. The second-order valence-corrected chi connectivity index (χ2v) is 5.06. The first-order chi connectivity index (χ1) is 8.60. The summed E-state index contributed by atoms with van der Waals surface area (Å²) in [7, 11) is 1.80. The zero-order chi connectivity index (χ0) is 13.5. The molecule has 1 unspecified atom stereocenters. The van der Waals surface area contributed by atoms with Crippen molar-refractivity contribution in [2.24, 2.45) is 0 Å². The number of hydrogen-bond acceptors (Lipinski definition) is 5. The molecule has 1 heterocycles. The van der Waals surface area contributed by atoms with Gasteiger partial charge < -0.3 is 10.6 Å². The fraction of sp³-hybridized carbons (Fsp3) is 0.727. The maximum absolute atomic E-state index is 11.8. The number of nitrogens with one attached hydrogen (secondary N) is 2. The van der Waals surface area contributed by atoms with Crippen molar-refractivity contribution in [1.82, 2.24) is 15.5 Å². The van der Waals surface area contributed by atoms with Crippen LogP contribution in [0, 0.1) is 0 Å².